The second-order valence-electron chi connectivity index (χ2n) is 5.64. The van der Waals surface area contributed by atoms with Crippen LogP contribution < -0.4 is 0 Å². The summed E-state index contributed by atoms with van der Waals surface area (Å²) in [5.74, 6) is 0.138. The maximum atomic E-state index is 11.5. The number of aromatic nitrogens is 1. The smallest absolute Gasteiger partial charge is 0.148 e. The summed E-state index contributed by atoms with van der Waals surface area (Å²) in [6, 6.07) is 9.78. The maximum absolute atomic E-state index is 11.5. The molecule has 0 aliphatic carbocycles. The van der Waals surface area contributed by atoms with Gasteiger partial charge in [0, 0.05) is 29.8 Å². The number of para-hydroxylation sites is 1. The third kappa shape index (κ3) is 4.41. The molecule has 0 fully saturated rings. The lowest BCUT2D eigenvalue weighted by molar-refractivity contribution is 0.226. The molecule has 1 heterocycles. The van der Waals surface area contributed by atoms with Crippen LogP contribution in [-0.4, -0.2) is 42.9 Å². The minimum atomic E-state index is -3.01. The minimum Gasteiger partial charge on any atom is -0.296 e. The average molecular weight is 341 g/mol. The summed E-state index contributed by atoms with van der Waals surface area (Å²) in [5.41, 5.74) is 1.78. The average Bonchev–Trinajstić information content (AvgIpc) is 2.43. The van der Waals surface area contributed by atoms with Crippen molar-refractivity contribution in [3.63, 3.8) is 0 Å². The van der Waals surface area contributed by atoms with Crippen LogP contribution in [0.1, 0.15) is 19.4 Å². The predicted octanol–water partition coefficient (Wildman–Crippen LogP) is 3.14. The summed E-state index contributed by atoms with van der Waals surface area (Å²) < 4.78 is 23.0. The van der Waals surface area contributed by atoms with E-state index < -0.39 is 9.84 Å². The van der Waals surface area contributed by atoms with Gasteiger partial charge < -0.3 is 0 Å². The molecule has 1 aromatic heterocycles. The van der Waals surface area contributed by atoms with Gasteiger partial charge in [-0.2, -0.15) is 0 Å². The van der Waals surface area contributed by atoms with Gasteiger partial charge in [-0.3, -0.25) is 4.90 Å². The minimum absolute atomic E-state index is 0.0671. The summed E-state index contributed by atoms with van der Waals surface area (Å²) in [6.07, 6.45) is 1.27. The van der Waals surface area contributed by atoms with E-state index in [0.717, 1.165) is 23.0 Å². The molecule has 22 heavy (non-hydrogen) atoms. The Hall–Kier alpha value is -1.17. The summed E-state index contributed by atoms with van der Waals surface area (Å²) in [7, 11) is -3.01. The number of nitrogens with zero attached hydrogens (tertiary/aromatic N) is 2. The topological polar surface area (TPSA) is 50.3 Å². The van der Waals surface area contributed by atoms with Crippen molar-refractivity contribution in [2.45, 2.75) is 26.4 Å². The van der Waals surface area contributed by atoms with E-state index in [1.54, 1.807) is 0 Å². The Balaban J connectivity index is 2.25. The van der Waals surface area contributed by atoms with Crippen molar-refractivity contribution in [2.75, 3.05) is 18.6 Å². The molecule has 0 saturated carbocycles. The molecule has 0 saturated heterocycles. The van der Waals surface area contributed by atoms with Gasteiger partial charge in [0.2, 0.25) is 0 Å². The van der Waals surface area contributed by atoms with E-state index >= 15 is 0 Å². The van der Waals surface area contributed by atoms with E-state index in [2.05, 4.69) is 9.88 Å². The first-order valence-corrected chi connectivity index (χ1v) is 9.70. The van der Waals surface area contributed by atoms with Crippen LogP contribution in [0.5, 0.6) is 0 Å². The van der Waals surface area contributed by atoms with Crippen LogP contribution in [0.3, 0.4) is 0 Å². The normalized spacial score (nSPS) is 13.7. The van der Waals surface area contributed by atoms with E-state index in [1.165, 1.54) is 6.26 Å². The third-order valence-electron chi connectivity index (χ3n) is 3.70. The Morgan fingerprint density at radius 1 is 1.32 bits per heavy atom. The molecule has 1 aromatic carbocycles. The highest BCUT2D eigenvalue weighted by atomic mass is 35.5. The zero-order valence-corrected chi connectivity index (χ0v) is 14.7. The second-order valence-corrected chi connectivity index (χ2v) is 8.18. The lowest BCUT2D eigenvalue weighted by Crippen LogP contribution is -2.37. The molecule has 0 aliphatic heterocycles. The fourth-order valence-electron chi connectivity index (χ4n) is 2.59. The Morgan fingerprint density at radius 2 is 2.00 bits per heavy atom. The van der Waals surface area contributed by atoms with E-state index in [4.69, 9.17) is 11.6 Å². The van der Waals surface area contributed by atoms with Crippen LogP contribution in [0.25, 0.3) is 10.9 Å². The molecule has 2 rings (SSSR count). The van der Waals surface area contributed by atoms with Gasteiger partial charge in [0.05, 0.1) is 11.3 Å². The van der Waals surface area contributed by atoms with E-state index in [9.17, 15) is 8.42 Å². The van der Waals surface area contributed by atoms with Gasteiger partial charge in [0.15, 0.2) is 0 Å². The van der Waals surface area contributed by atoms with Crippen molar-refractivity contribution in [2.24, 2.45) is 0 Å². The first kappa shape index (κ1) is 17.2. The number of benzene rings is 1. The highest BCUT2D eigenvalue weighted by Crippen LogP contribution is 2.22. The summed E-state index contributed by atoms with van der Waals surface area (Å²) in [5, 5.41) is 1.51. The van der Waals surface area contributed by atoms with Crippen molar-refractivity contribution in [3.8, 4) is 0 Å². The number of fused-ring (bicyclic) bond motifs is 1. The summed E-state index contributed by atoms with van der Waals surface area (Å²) in [6.45, 7) is 5.28. The lowest BCUT2D eigenvalue weighted by atomic mass is 10.1. The molecule has 6 heteroatoms. The molecule has 0 spiro atoms. The van der Waals surface area contributed by atoms with Gasteiger partial charge in [-0.1, -0.05) is 36.7 Å². The molecule has 0 aliphatic rings. The molecule has 0 unspecified atom stereocenters. The summed E-state index contributed by atoms with van der Waals surface area (Å²) in [4.78, 5) is 6.51. The van der Waals surface area contributed by atoms with Crippen molar-refractivity contribution >= 4 is 32.3 Å². The van der Waals surface area contributed by atoms with Gasteiger partial charge in [-0.25, -0.2) is 13.4 Å². The van der Waals surface area contributed by atoms with Gasteiger partial charge in [0.25, 0.3) is 0 Å². The first-order chi connectivity index (χ1) is 10.3. The monoisotopic (exact) mass is 340 g/mol. The fourth-order valence-corrected chi connectivity index (χ4v) is 3.88. The van der Waals surface area contributed by atoms with Crippen LogP contribution in [0.4, 0.5) is 0 Å². The van der Waals surface area contributed by atoms with Crippen LogP contribution in [-0.2, 0) is 16.4 Å². The first-order valence-electron chi connectivity index (χ1n) is 7.26. The zero-order valence-electron chi connectivity index (χ0n) is 13.1. The van der Waals surface area contributed by atoms with Crippen molar-refractivity contribution in [1.29, 1.82) is 0 Å². The molecule has 0 amide bonds. The number of rotatable bonds is 6. The van der Waals surface area contributed by atoms with Crippen molar-refractivity contribution in [1.82, 2.24) is 9.88 Å². The molecule has 0 radical (unpaired) electrons. The van der Waals surface area contributed by atoms with Crippen LogP contribution in [0.15, 0.2) is 30.3 Å². The molecule has 2 aromatic rings. The van der Waals surface area contributed by atoms with Crippen molar-refractivity contribution in [3.05, 3.63) is 41.0 Å². The molecular weight excluding hydrogens is 320 g/mol. The maximum Gasteiger partial charge on any atom is 0.148 e. The van der Waals surface area contributed by atoms with E-state index in [1.807, 2.05) is 44.2 Å². The van der Waals surface area contributed by atoms with Gasteiger partial charge in [-0.05, 0) is 25.6 Å². The number of hydrogen-bond donors (Lipinski definition) is 0. The van der Waals surface area contributed by atoms with Gasteiger partial charge in [-0.15, -0.1) is 0 Å². The molecule has 120 valence electrons. The Bertz CT molecular complexity index is 762. The van der Waals surface area contributed by atoms with Gasteiger partial charge >= 0.3 is 0 Å². The summed E-state index contributed by atoms with van der Waals surface area (Å²) >= 11 is 6.29. The molecular formula is C16H21ClN2O2S. The quantitative estimate of drug-likeness (QED) is 0.758. The number of pyridine rings is 1. The lowest BCUT2D eigenvalue weighted by Gasteiger charge is -2.27. The standard InChI is InChI=1S/C16H21ClN2O2S/c1-4-19(12(2)11-22(3,20)21)10-14-9-13-7-5-6-8-15(13)18-16(14)17/h5-9,12H,4,10-11H2,1-3H3/t12-/m1/s1. The molecule has 0 N–H and O–H groups in total. The SMILES string of the molecule is CCN(Cc1cc2ccccc2nc1Cl)[C@H](C)CS(C)(=O)=O. The van der Waals surface area contributed by atoms with E-state index in [-0.39, 0.29) is 11.8 Å². The highest BCUT2D eigenvalue weighted by molar-refractivity contribution is 7.90. The Morgan fingerprint density at radius 3 is 2.64 bits per heavy atom. The Labute approximate surface area is 137 Å². The zero-order chi connectivity index (χ0) is 16.3. The molecule has 1 atom stereocenters. The number of sulfone groups is 1. The fraction of sp³-hybridized carbons (Fsp3) is 0.438. The second kappa shape index (κ2) is 6.94. The largest absolute Gasteiger partial charge is 0.296 e. The molecule has 0 bridgehead atoms. The van der Waals surface area contributed by atoms with Gasteiger partial charge in [0.1, 0.15) is 15.0 Å². The van der Waals surface area contributed by atoms with E-state index in [0.29, 0.717) is 11.7 Å². The van der Waals surface area contributed by atoms with Crippen LogP contribution in [0.2, 0.25) is 5.15 Å². The number of hydrogen-bond acceptors (Lipinski definition) is 4. The third-order valence-corrected chi connectivity index (χ3v) is 5.11. The van der Waals surface area contributed by atoms with Crippen LogP contribution >= 0.6 is 11.6 Å². The van der Waals surface area contributed by atoms with Crippen molar-refractivity contribution < 1.29 is 8.42 Å². The Kier molecular flexibility index (Phi) is 5.42. The van der Waals surface area contributed by atoms with Crippen LogP contribution in [0, 0.1) is 0 Å². The predicted molar refractivity (Wildman–Crippen MR) is 92.0 cm³/mol. The number of halogens is 1. The molecule has 4 nitrogen and oxygen atoms in total. The highest BCUT2D eigenvalue weighted by Gasteiger charge is 2.19.